The van der Waals surface area contributed by atoms with Crippen LogP contribution < -0.4 is 5.32 Å². The van der Waals surface area contributed by atoms with E-state index in [1.807, 2.05) is 25.1 Å². The van der Waals surface area contributed by atoms with Crippen molar-refractivity contribution in [1.29, 1.82) is 0 Å². The Labute approximate surface area is 121 Å². The lowest BCUT2D eigenvalue weighted by Crippen LogP contribution is -2.18. The Kier molecular flexibility index (Phi) is 5.19. The molecule has 0 aliphatic rings. The quantitative estimate of drug-likeness (QED) is 0.654. The van der Waals surface area contributed by atoms with E-state index in [4.69, 9.17) is 16.3 Å². The predicted molar refractivity (Wildman–Crippen MR) is 79.8 cm³/mol. The summed E-state index contributed by atoms with van der Waals surface area (Å²) in [6, 6.07) is 8.08. The third-order valence-electron chi connectivity index (χ3n) is 2.70. The number of rotatable bonds is 6. The molecule has 0 fully saturated rings. The van der Waals surface area contributed by atoms with Gasteiger partial charge in [-0.25, -0.2) is 0 Å². The second-order valence-electron chi connectivity index (χ2n) is 4.07. The molecule has 0 atom stereocenters. The van der Waals surface area contributed by atoms with Gasteiger partial charge in [0, 0.05) is 28.1 Å². The van der Waals surface area contributed by atoms with E-state index >= 15 is 0 Å². The van der Waals surface area contributed by atoms with Crippen molar-refractivity contribution >= 4 is 39.0 Å². The molecule has 1 heterocycles. The third-order valence-corrected chi connectivity index (χ3v) is 4.41. The van der Waals surface area contributed by atoms with Crippen molar-refractivity contribution in [2.45, 2.75) is 19.9 Å². The Morgan fingerprint density at radius 3 is 2.95 bits per heavy atom. The normalized spacial score (nSPS) is 10.8. The smallest absolute Gasteiger partial charge is 0.307 e. The maximum atomic E-state index is 11.2. The third kappa shape index (κ3) is 3.69. The molecule has 0 unspecified atom stereocenters. The van der Waals surface area contributed by atoms with Crippen LogP contribution in [0.25, 0.3) is 10.1 Å². The average Bonchev–Trinajstić information content (AvgIpc) is 2.73. The highest BCUT2D eigenvalue weighted by Gasteiger charge is 2.09. The Hall–Kier alpha value is -1.10. The summed E-state index contributed by atoms with van der Waals surface area (Å²) in [5, 5.41) is 5.12. The van der Waals surface area contributed by atoms with E-state index in [2.05, 4.69) is 11.4 Å². The molecule has 0 radical (unpaired) electrons. The molecule has 2 aromatic rings. The average molecular weight is 298 g/mol. The zero-order valence-corrected chi connectivity index (χ0v) is 12.3. The molecule has 0 amide bonds. The monoisotopic (exact) mass is 297 g/mol. The molecule has 5 heteroatoms. The van der Waals surface area contributed by atoms with Crippen molar-refractivity contribution in [3.8, 4) is 0 Å². The van der Waals surface area contributed by atoms with Gasteiger partial charge in [-0.05, 0) is 13.0 Å². The van der Waals surface area contributed by atoms with Gasteiger partial charge in [-0.1, -0.05) is 29.8 Å². The summed E-state index contributed by atoms with van der Waals surface area (Å²) in [4.78, 5) is 12.3. The highest BCUT2D eigenvalue weighted by Crippen LogP contribution is 2.34. The van der Waals surface area contributed by atoms with Gasteiger partial charge in [-0.3, -0.25) is 4.79 Å². The minimum Gasteiger partial charge on any atom is -0.466 e. The number of nitrogens with one attached hydrogen (secondary N) is 1. The number of hydrogen-bond acceptors (Lipinski definition) is 4. The van der Waals surface area contributed by atoms with Crippen molar-refractivity contribution in [2.24, 2.45) is 0 Å². The van der Waals surface area contributed by atoms with Gasteiger partial charge >= 0.3 is 5.97 Å². The summed E-state index contributed by atoms with van der Waals surface area (Å²) >= 11 is 8.01. The van der Waals surface area contributed by atoms with Crippen LogP contribution in [-0.4, -0.2) is 19.1 Å². The molecule has 1 aromatic carbocycles. The number of carbonyl (C=O) groups is 1. The number of benzene rings is 1. The second-order valence-corrected chi connectivity index (χ2v) is 5.58. The van der Waals surface area contributed by atoms with Crippen LogP contribution >= 0.6 is 22.9 Å². The number of carbonyl (C=O) groups excluding carboxylic acids is 1. The maximum Gasteiger partial charge on any atom is 0.307 e. The van der Waals surface area contributed by atoms with Crippen LogP contribution in [0.15, 0.2) is 24.3 Å². The second kappa shape index (κ2) is 6.89. The maximum absolute atomic E-state index is 11.2. The summed E-state index contributed by atoms with van der Waals surface area (Å²) < 4.78 is 6.05. The lowest BCUT2D eigenvalue weighted by Gasteiger charge is -2.03. The Morgan fingerprint density at radius 1 is 1.42 bits per heavy atom. The van der Waals surface area contributed by atoms with Gasteiger partial charge in [0.1, 0.15) is 0 Å². The van der Waals surface area contributed by atoms with Gasteiger partial charge in [0.2, 0.25) is 0 Å². The van der Waals surface area contributed by atoms with Crippen LogP contribution in [0.5, 0.6) is 0 Å². The van der Waals surface area contributed by atoms with Crippen molar-refractivity contribution in [3.63, 3.8) is 0 Å². The summed E-state index contributed by atoms with van der Waals surface area (Å²) in [7, 11) is 0. The van der Waals surface area contributed by atoms with Crippen LogP contribution in [0, 0.1) is 0 Å². The van der Waals surface area contributed by atoms with E-state index in [0.717, 1.165) is 15.3 Å². The number of thiophene rings is 1. The summed E-state index contributed by atoms with van der Waals surface area (Å²) in [5.41, 5.74) is 0. The number of fused-ring (bicyclic) bond motifs is 1. The van der Waals surface area contributed by atoms with E-state index < -0.39 is 0 Å². The van der Waals surface area contributed by atoms with E-state index in [1.165, 1.54) is 4.70 Å². The molecule has 102 valence electrons. The van der Waals surface area contributed by atoms with Gasteiger partial charge in [0.25, 0.3) is 0 Å². The van der Waals surface area contributed by atoms with Gasteiger partial charge in [-0.2, -0.15) is 0 Å². The van der Waals surface area contributed by atoms with E-state index in [9.17, 15) is 4.79 Å². The molecular weight excluding hydrogens is 282 g/mol. The van der Waals surface area contributed by atoms with Crippen LogP contribution in [0.1, 0.15) is 18.2 Å². The van der Waals surface area contributed by atoms with E-state index in [1.54, 1.807) is 11.3 Å². The van der Waals surface area contributed by atoms with Gasteiger partial charge in [0.15, 0.2) is 0 Å². The number of ether oxygens (including phenoxy) is 1. The number of esters is 1. The molecule has 0 saturated carbocycles. The number of halogens is 1. The zero-order valence-electron chi connectivity index (χ0n) is 10.7. The highest BCUT2D eigenvalue weighted by atomic mass is 35.5. The Balaban J connectivity index is 1.88. The lowest BCUT2D eigenvalue weighted by molar-refractivity contribution is -0.142. The highest BCUT2D eigenvalue weighted by molar-refractivity contribution is 7.19. The molecule has 19 heavy (non-hydrogen) atoms. The Bertz CT molecular complexity index is 568. The standard InChI is InChI=1S/C14H16ClNO2S/c1-2-18-13(17)7-8-16-9-12-14(15)10-5-3-4-6-11(10)19-12/h3-6,16H,2,7-9H2,1H3. The molecule has 1 aromatic heterocycles. The molecule has 1 N–H and O–H groups in total. The lowest BCUT2D eigenvalue weighted by atomic mass is 10.2. The fourth-order valence-corrected chi connectivity index (χ4v) is 3.27. The van der Waals surface area contributed by atoms with Crippen molar-refractivity contribution in [2.75, 3.05) is 13.2 Å². The zero-order chi connectivity index (χ0) is 13.7. The van der Waals surface area contributed by atoms with Crippen molar-refractivity contribution in [3.05, 3.63) is 34.2 Å². The molecule has 0 bridgehead atoms. The van der Waals surface area contributed by atoms with E-state index in [-0.39, 0.29) is 5.97 Å². The SMILES string of the molecule is CCOC(=O)CCNCc1sc2ccccc2c1Cl. The molecule has 0 aliphatic carbocycles. The van der Waals surface area contributed by atoms with E-state index in [0.29, 0.717) is 26.1 Å². The molecule has 0 spiro atoms. The minimum atomic E-state index is -0.169. The predicted octanol–water partition coefficient (Wildman–Crippen LogP) is 3.60. The van der Waals surface area contributed by atoms with Gasteiger partial charge in [-0.15, -0.1) is 11.3 Å². The number of hydrogen-bond donors (Lipinski definition) is 1. The largest absolute Gasteiger partial charge is 0.466 e. The van der Waals surface area contributed by atoms with Gasteiger partial charge < -0.3 is 10.1 Å². The van der Waals surface area contributed by atoms with Crippen LogP contribution in [0.4, 0.5) is 0 Å². The molecular formula is C14H16ClNO2S. The minimum absolute atomic E-state index is 0.169. The molecule has 2 rings (SSSR count). The topological polar surface area (TPSA) is 38.3 Å². The summed E-state index contributed by atoms with van der Waals surface area (Å²) in [5.74, 6) is -0.169. The molecule has 3 nitrogen and oxygen atoms in total. The van der Waals surface area contributed by atoms with Gasteiger partial charge in [0.05, 0.1) is 18.1 Å². The summed E-state index contributed by atoms with van der Waals surface area (Å²) in [6.45, 7) is 3.52. The van der Waals surface area contributed by atoms with Crippen molar-refractivity contribution in [1.82, 2.24) is 5.32 Å². The molecule has 0 saturated heterocycles. The van der Waals surface area contributed by atoms with Crippen molar-refractivity contribution < 1.29 is 9.53 Å². The van der Waals surface area contributed by atoms with Crippen LogP contribution in [0.3, 0.4) is 0 Å². The summed E-state index contributed by atoms with van der Waals surface area (Å²) in [6.07, 6.45) is 0.385. The first kappa shape index (κ1) is 14.3. The first-order valence-electron chi connectivity index (χ1n) is 6.24. The Morgan fingerprint density at radius 2 is 2.21 bits per heavy atom. The van der Waals surface area contributed by atoms with Crippen LogP contribution in [-0.2, 0) is 16.1 Å². The molecule has 0 aliphatic heterocycles. The fourth-order valence-electron chi connectivity index (χ4n) is 1.80. The first-order valence-corrected chi connectivity index (χ1v) is 7.44. The fraction of sp³-hybridized carbons (Fsp3) is 0.357. The van der Waals surface area contributed by atoms with Crippen LogP contribution in [0.2, 0.25) is 5.02 Å². The first-order chi connectivity index (χ1) is 9.22.